The molecule has 1 aliphatic heterocycles. The molecule has 0 aliphatic carbocycles. The molecule has 1 amide bonds. The first kappa shape index (κ1) is 16.4. The van der Waals surface area contributed by atoms with E-state index in [9.17, 15) is 4.79 Å². The Morgan fingerprint density at radius 1 is 1.43 bits per heavy atom. The maximum atomic E-state index is 11.8. The smallest absolute Gasteiger partial charge is 0.226 e. The topological polar surface area (TPSA) is 54.5 Å². The zero-order valence-electron chi connectivity index (χ0n) is 12.8. The molecule has 1 saturated heterocycles. The molecule has 1 N–H and O–H groups in total. The number of hydrogen-bond acceptors (Lipinski definition) is 5. The lowest BCUT2D eigenvalue weighted by Gasteiger charge is -2.25. The van der Waals surface area contributed by atoms with Crippen molar-refractivity contribution in [2.24, 2.45) is 0 Å². The number of carbonyl (C=O) groups excluding carboxylic acids is 1. The molecule has 0 atom stereocenters. The Morgan fingerprint density at radius 3 is 3.00 bits per heavy atom. The number of aromatic nitrogens is 1. The van der Waals surface area contributed by atoms with Gasteiger partial charge >= 0.3 is 0 Å². The van der Waals surface area contributed by atoms with E-state index in [0.29, 0.717) is 6.42 Å². The molecule has 21 heavy (non-hydrogen) atoms. The van der Waals surface area contributed by atoms with Crippen LogP contribution in [0.3, 0.4) is 0 Å². The van der Waals surface area contributed by atoms with Crippen molar-refractivity contribution in [3.05, 3.63) is 16.1 Å². The minimum atomic E-state index is 0.0781. The molecule has 1 aromatic rings. The number of nitrogens with one attached hydrogen (secondary N) is 1. The molecule has 2 rings (SSSR count). The van der Waals surface area contributed by atoms with Crippen LogP contribution in [0.5, 0.6) is 0 Å². The predicted molar refractivity (Wildman–Crippen MR) is 84.4 cm³/mol. The summed E-state index contributed by atoms with van der Waals surface area (Å²) in [7, 11) is 0. The lowest BCUT2D eigenvalue weighted by molar-refractivity contribution is -0.120. The van der Waals surface area contributed by atoms with Crippen molar-refractivity contribution in [3.8, 4) is 0 Å². The van der Waals surface area contributed by atoms with Crippen LogP contribution in [-0.4, -0.2) is 48.6 Å². The Balaban J connectivity index is 1.70. The van der Waals surface area contributed by atoms with Gasteiger partial charge in [-0.2, -0.15) is 0 Å². The fourth-order valence-electron chi connectivity index (χ4n) is 2.28. The zero-order valence-corrected chi connectivity index (χ0v) is 13.6. The van der Waals surface area contributed by atoms with E-state index in [1.54, 1.807) is 11.3 Å². The van der Waals surface area contributed by atoms with Crippen LogP contribution in [0.4, 0.5) is 0 Å². The summed E-state index contributed by atoms with van der Waals surface area (Å²) in [6, 6.07) is 0. The van der Waals surface area contributed by atoms with Crippen molar-refractivity contribution in [2.45, 2.75) is 39.2 Å². The van der Waals surface area contributed by atoms with E-state index in [-0.39, 0.29) is 5.91 Å². The molecular weight excluding hydrogens is 286 g/mol. The fourth-order valence-corrected chi connectivity index (χ4v) is 3.12. The van der Waals surface area contributed by atoms with E-state index in [2.05, 4.69) is 22.1 Å². The summed E-state index contributed by atoms with van der Waals surface area (Å²) in [5.74, 6) is 0.0781. The first-order valence-electron chi connectivity index (χ1n) is 7.78. The van der Waals surface area contributed by atoms with E-state index in [1.807, 2.05) is 5.38 Å². The molecule has 0 aromatic carbocycles. The van der Waals surface area contributed by atoms with Crippen molar-refractivity contribution < 1.29 is 9.53 Å². The van der Waals surface area contributed by atoms with Crippen LogP contribution in [0.25, 0.3) is 0 Å². The Kier molecular flexibility index (Phi) is 7.12. The van der Waals surface area contributed by atoms with Crippen LogP contribution in [0.2, 0.25) is 0 Å². The van der Waals surface area contributed by atoms with Gasteiger partial charge in [-0.25, -0.2) is 4.98 Å². The van der Waals surface area contributed by atoms with Crippen molar-refractivity contribution in [2.75, 3.05) is 32.8 Å². The van der Waals surface area contributed by atoms with Gasteiger partial charge in [0.2, 0.25) is 5.91 Å². The van der Waals surface area contributed by atoms with Crippen LogP contribution in [-0.2, 0) is 22.5 Å². The number of ether oxygens (including phenoxy) is 1. The molecule has 1 fully saturated rings. The van der Waals surface area contributed by atoms with Gasteiger partial charge < -0.3 is 10.1 Å². The van der Waals surface area contributed by atoms with E-state index < -0.39 is 0 Å². The van der Waals surface area contributed by atoms with Gasteiger partial charge in [0.15, 0.2) is 0 Å². The molecule has 0 radical (unpaired) electrons. The summed E-state index contributed by atoms with van der Waals surface area (Å²) in [6.45, 7) is 7.34. The number of unbranched alkanes of at least 4 members (excludes halogenated alkanes) is 2. The third kappa shape index (κ3) is 6.11. The number of hydrogen-bond donors (Lipinski definition) is 1. The van der Waals surface area contributed by atoms with Crippen molar-refractivity contribution in [3.63, 3.8) is 0 Å². The Morgan fingerprint density at radius 2 is 2.24 bits per heavy atom. The average Bonchev–Trinajstić information content (AvgIpc) is 2.92. The second-order valence-electron chi connectivity index (χ2n) is 5.35. The van der Waals surface area contributed by atoms with Gasteiger partial charge in [-0.3, -0.25) is 9.69 Å². The third-order valence-electron chi connectivity index (χ3n) is 3.51. The van der Waals surface area contributed by atoms with Crippen LogP contribution in [0.15, 0.2) is 5.38 Å². The van der Waals surface area contributed by atoms with Gasteiger partial charge in [-0.1, -0.05) is 19.8 Å². The van der Waals surface area contributed by atoms with Crippen LogP contribution in [0, 0.1) is 0 Å². The summed E-state index contributed by atoms with van der Waals surface area (Å²) in [5.41, 5.74) is 0.885. The first-order valence-corrected chi connectivity index (χ1v) is 8.66. The van der Waals surface area contributed by atoms with Crippen LogP contribution < -0.4 is 5.32 Å². The predicted octanol–water partition coefficient (Wildman–Crippen LogP) is 1.82. The van der Waals surface area contributed by atoms with E-state index in [4.69, 9.17) is 4.74 Å². The van der Waals surface area contributed by atoms with Gasteiger partial charge in [0, 0.05) is 25.0 Å². The molecule has 0 unspecified atom stereocenters. The number of carbonyl (C=O) groups is 1. The molecule has 118 valence electrons. The standard InChI is InChI=1S/C15H25N3O2S/c1-2-3-4-5-16-14(19)10-13-12-21-15(17-13)11-18-6-8-20-9-7-18/h12H,2-11H2,1H3,(H,16,19). The maximum Gasteiger partial charge on any atom is 0.226 e. The highest BCUT2D eigenvalue weighted by molar-refractivity contribution is 7.09. The van der Waals surface area contributed by atoms with E-state index >= 15 is 0 Å². The molecule has 6 heteroatoms. The average molecular weight is 311 g/mol. The van der Waals surface area contributed by atoms with Gasteiger partial charge in [-0.05, 0) is 6.42 Å². The largest absolute Gasteiger partial charge is 0.379 e. The Labute approximate surface area is 130 Å². The molecule has 1 aliphatic rings. The highest BCUT2D eigenvalue weighted by atomic mass is 32.1. The van der Waals surface area contributed by atoms with Gasteiger partial charge in [-0.15, -0.1) is 11.3 Å². The SMILES string of the molecule is CCCCCNC(=O)Cc1csc(CN2CCOCC2)n1. The minimum Gasteiger partial charge on any atom is -0.379 e. The first-order chi connectivity index (χ1) is 10.3. The van der Waals surface area contributed by atoms with Crippen molar-refractivity contribution in [1.29, 1.82) is 0 Å². The quantitative estimate of drug-likeness (QED) is 0.744. The second-order valence-corrected chi connectivity index (χ2v) is 6.30. The summed E-state index contributed by atoms with van der Waals surface area (Å²) in [6.07, 6.45) is 3.79. The lowest BCUT2D eigenvalue weighted by Crippen LogP contribution is -2.35. The molecule has 5 nitrogen and oxygen atoms in total. The fraction of sp³-hybridized carbons (Fsp3) is 0.733. The Bertz CT molecular complexity index is 430. The summed E-state index contributed by atoms with van der Waals surface area (Å²) < 4.78 is 5.34. The molecule has 0 spiro atoms. The normalized spacial score (nSPS) is 16.0. The molecular formula is C15H25N3O2S. The minimum absolute atomic E-state index is 0.0781. The third-order valence-corrected chi connectivity index (χ3v) is 4.39. The summed E-state index contributed by atoms with van der Waals surface area (Å²) >= 11 is 1.64. The number of thiazole rings is 1. The van der Waals surface area contributed by atoms with Crippen LogP contribution >= 0.6 is 11.3 Å². The highest BCUT2D eigenvalue weighted by Gasteiger charge is 2.13. The second kappa shape index (κ2) is 9.12. The highest BCUT2D eigenvalue weighted by Crippen LogP contribution is 2.13. The van der Waals surface area contributed by atoms with E-state index in [1.165, 1.54) is 12.8 Å². The Hall–Kier alpha value is -0.980. The molecule has 1 aromatic heterocycles. The summed E-state index contributed by atoms with van der Waals surface area (Å²) in [5, 5.41) is 6.05. The number of morpholine rings is 1. The maximum absolute atomic E-state index is 11.8. The summed E-state index contributed by atoms with van der Waals surface area (Å²) in [4.78, 5) is 18.7. The number of nitrogens with zero attached hydrogens (tertiary/aromatic N) is 2. The zero-order chi connectivity index (χ0) is 14.9. The molecule has 0 saturated carbocycles. The van der Waals surface area contributed by atoms with Crippen molar-refractivity contribution >= 4 is 17.2 Å². The van der Waals surface area contributed by atoms with E-state index in [0.717, 1.165) is 56.5 Å². The molecule has 0 bridgehead atoms. The lowest BCUT2D eigenvalue weighted by atomic mass is 10.2. The van der Waals surface area contributed by atoms with Gasteiger partial charge in [0.05, 0.1) is 31.9 Å². The molecule has 2 heterocycles. The number of rotatable bonds is 8. The van der Waals surface area contributed by atoms with Gasteiger partial charge in [0.1, 0.15) is 5.01 Å². The van der Waals surface area contributed by atoms with Gasteiger partial charge in [0.25, 0.3) is 0 Å². The number of amides is 1. The van der Waals surface area contributed by atoms with Crippen LogP contribution in [0.1, 0.15) is 36.9 Å². The monoisotopic (exact) mass is 311 g/mol. The van der Waals surface area contributed by atoms with Crippen molar-refractivity contribution in [1.82, 2.24) is 15.2 Å².